The van der Waals surface area contributed by atoms with Crippen molar-refractivity contribution in [2.45, 2.75) is 18.4 Å². The summed E-state index contributed by atoms with van der Waals surface area (Å²) >= 11 is 0. The van der Waals surface area contributed by atoms with Gasteiger partial charge in [-0.25, -0.2) is 4.98 Å². The molecule has 0 aliphatic carbocycles. The fourth-order valence-corrected chi connectivity index (χ4v) is 4.62. The van der Waals surface area contributed by atoms with Crippen molar-refractivity contribution in [3.63, 3.8) is 0 Å². The maximum absolute atomic E-state index is 14.1. The Kier molecular flexibility index (Phi) is 5.01. The Balaban J connectivity index is 1.72. The summed E-state index contributed by atoms with van der Waals surface area (Å²) < 4.78 is 10.9. The topological polar surface area (TPSA) is 112 Å². The second kappa shape index (κ2) is 7.91. The first-order valence-corrected chi connectivity index (χ1v) is 10.8. The highest BCUT2D eigenvalue weighted by molar-refractivity contribution is 6.26. The molecule has 1 aromatic heterocycles. The van der Waals surface area contributed by atoms with Gasteiger partial charge in [-0.05, 0) is 36.8 Å². The van der Waals surface area contributed by atoms with Gasteiger partial charge in [0.1, 0.15) is 40.4 Å². The number of ketones is 1. The number of carbonyl (C=O) groups excluding carboxylic acids is 1. The van der Waals surface area contributed by atoms with Crippen LogP contribution in [-0.4, -0.2) is 40.9 Å². The first-order valence-electron chi connectivity index (χ1n) is 10.8. The number of anilines is 1. The van der Waals surface area contributed by atoms with Gasteiger partial charge < -0.3 is 24.5 Å². The number of para-hydroxylation sites is 2. The van der Waals surface area contributed by atoms with E-state index in [1.54, 1.807) is 56.4 Å². The normalized spacial score (nSPS) is 20.2. The van der Waals surface area contributed by atoms with E-state index >= 15 is 0 Å². The van der Waals surface area contributed by atoms with Crippen molar-refractivity contribution in [1.29, 1.82) is 5.41 Å². The molecule has 34 heavy (non-hydrogen) atoms. The van der Waals surface area contributed by atoms with Crippen LogP contribution in [0.3, 0.4) is 0 Å². The minimum absolute atomic E-state index is 0.0786. The van der Waals surface area contributed by atoms with Crippen LogP contribution in [0.4, 0.5) is 5.69 Å². The van der Waals surface area contributed by atoms with Gasteiger partial charge in [-0.3, -0.25) is 10.2 Å². The van der Waals surface area contributed by atoms with Gasteiger partial charge in [-0.1, -0.05) is 24.3 Å². The van der Waals surface area contributed by atoms with E-state index in [0.29, 0.717) is 28.6 Å². The molecule has 3 N–H and O–H groups in total. The van der Waals surface area contributed by atoms with Gasteiger partial charge in [0.15, 0.2) is 5.78 Å². The summed E-state index contributed by atoms with van der Waals surface area (Å²) in [6.45, 7) is 1.78. The number of aromatic hydroxyl groups is 1. The zero-order valence-electron chi connectivity index (χ0n) is 19.0. The number of imidazole rings is 1. The van der Waals surface area contributed by atoms with E-state index in [4.69, 9.17) is 14.9 Å². The number of fused-ring (bicyclic) bond motifs is 1. The Labute approximate surface area is 196 Å². The molecule has 0 amide bonds. The van der Waals surface area contributed by atoms with Crippen LogP contribution < -0.4 is 14.4 Å². The third kappa shape index (κ3) is 3.18. The second-order valence-corrected chi connectivity index (χ2v) is 8.35. The van der Waals surface area contributed by atoms with Gasteiger partial charge in [0.2, 0.25) is 0 Å². The molecular weight excluding hydrogens is 432 g/mol. The number of phenolic OH excluding ortho intramolecular Hbond substituents is 1. The molecule has 5 rings (SSSR count). The number of H-pyrrole nitrogens is 1. The maximum atomic E-state index is 14.1. The number of methoxy groups -OCH3 is 2. The first kappa shape index (κ1) is 21.5. The fourth-order valence-electron chi connectivity index (χ4n) is 4.62. The van der Waals surface area contributed by atoms with Gasteiger partial charge >= 0.3 is 0 Å². The smallest absolute Gasteiger partial charge is 0.181 e. The lowest BCUT2D eigenvalue weighted by Gasteiger charge is -2.35. The zero-order chi connectivity index (χ0) is 24.0. The van der Waals surface area contributed by atoms with E-state index in [2.05, 4.69) is 9.97 Å². The minimum Gasteiger partial charge on any atom is -0.508 e. The summed E-state index contributed by atoms with van der Waals surface area (Å²) in [5.74, 6) is 0.543. The number of benzene rings is 3. The monoisotopic (exact) mass is 456 g/mol. The second-order valence-electron chi connectivity index (χ2n) is 8.35. The molecule has 1 saturated heterocycles. The molecular formula is C26H24N4O4. The van der Waals surface area contributed by atoms with Gasteiger partial charge in [-0.15, -0.1) is 0 Å². The summed E-state index contributed by atoms with van der Waals surface area (Å²) in [5.41, 5.74) is 1.49. The summed E-state index contributed by atoms with van der Waals surface area (Å²) in [4.78, 5) is 23.7. The molecule has 1 aliphatic rings. The van der Waals surface area contributed by atoms with Crippen LogP contribution in [0.1, 0.15) is 24.2 Å². The van der Waals surface area contributed by atoms with E-state index < -0.39 is 11.5 Å². The molecule has 2 atom stereocenters. The highest BCUT2D eigenvalue weighted by atomic mass is 16.5. The Morgan fingerprint density at radius 3 is 2.29 bits per heavy atom. The van der Waals surface area contributed by atoms with Gasteiger partial charge in [-0.2, -0.15) is 0 Å². The standard InChI is InChI=1S/C26H24N4O4/c1-26(15-8-10-17(31)11-9-15)23(32)22(25-28-20-6-4-5-7-21(20)29-25)24(27)30(26)16-12-18(33-2)14-19(13-16)34-3/h4-14,22,27,31H,1-3H3,(H,28,29). The predicted octanol–water partition coefficient (Wildman–Crippen LogP) is 4.35. The third-order valence-corrected chi connectivity index (χ3v) is 6.41. The predicted molar refractivity (Wildman–Crippen MR) is 129 cm³/mol. The van der Waals surface area contributed by atoms with Crippen LogP contribution in [0.15, 0.2) is 66.7 Å². The van der Waals surface area contributed by atoms with E-state index in [1.807, 2.05) is 24.3 Å². The molecule has 0 radical (unpaired) electrons. The molecule has 8 nitrogen and oxygen atoms in total. The Morgan fingerprint density at radius 2 is 1.68 bits per heavy atom. The quantitative estimate of drug-likeness (QED) is 0.412. The van der Waals surface area contributed by atoms with Gasteiger partial charge in [0.25, 0.3) is 0 Å². The highest BCUT2D eigenvalue weighted by Crippen LogP contribution is 2.47. The largest absolute Gasteiger partial charge is 0.508 e. The molecule has 172 valence electrons. The number of phenols is 1. The SMILES string of the molecule is COc1cc(OC)cc(N2C(=N)C(c3nc4ccccc4[nH]3)C(=O)C2(C)c2ccc(O)cc2)c1. The summed E-state index contributed by atoms with van der Waals surface area (Å²) in [6.07, 6.45) is 0. The molecule has 0 saturated carbocycles. The van der Waals surface area contributed by atoms with Crippen LogP contribution in [0, 0.1) is 5.41 Å². The van der Waals surface area contributed by atoms with E-state index in [1.165, 1.54) is 12.1 Å². The van der Waals surface area contributed by atoms with Crippen molar-refractivity contribution in [2.24, 2.45) is 0 Å². The number of ether oxygens (including phenoxy) is 2. The Bertz CT molecular complexity index is 1360. The number of nitrogens with one attached hydrogen (secondary N) is 2. The van der Waals surface area contributed by atoms with Gasteiger partial charge in [0.05, 0.1) is 30.9 Å². The molecule has 0 spiro atoms. The zero-order valence-corrected chi connectivity index (χ0v) is 19.0. The number of Topliss-reactive ketones (excluding diaryl/α,β-unsaturated/α-hetero) is 1. The fraction of sp³-hybridized carbons (Fsp3) is 0.192. The third-order valence-electron chi connectivity index (χ3n) is 6.41. The number of aromatic amines is 1. The minimum atomic E-state index is -1.24. The van der Waals surface area contributed by atoms with Crippen molar-refractivity contribution in [3.8, 4) is 17.2 Å². The summed E-state index contributed by atoms with van der Waals surface area (Å²) in [7, 11) is 3.10. The molecule has 8 heteroatoms. The van der Waals surface area contributed by atoms with E-state index in [0.717, 1.165) is 11.0 Å². The van der Waals surface area contributed by atoms with Crippen LogP contribution in [-0.2, 0) is 10.3 Å². The number of hydrogen-bond acceptors (Lipinski definition) is 6. The molecule has 1 fully saturated rings. The lowest BCUT2D eigenvalue weighted by atomic mass is 9.84. The highest BCUT2D eigenvalue weighted by Gasteiger charge is 2.56. The number of nitrogens with zero attached hydrogens (tertiary/aromatic N) is 2. The average Bonchev–Trinajstić information content (AvgIpc) is 3.35. The maximum Gasteiger partial charge on any atom is 0.181 e. The van der Waals surface area contributed by atoms with E-state index in [-0.39, 0.29) is 17.4 Å². The van der Waals surface area contributed by atoms with Gasteiger partial charge in [0, 0.05) is 18.2 Å². The first-order chi connectivity index (χ1) is 16.4. The van der Waals surface area contributed by atoms with Crippen molar-refractivity contribution in [3.05, 3.63) is 78.1 Å². The lowest BCUT2D eigenvalue weighted by molar-refractivity contribution is -0.122. The number of amidine groups is 1. The van der Waals surface area contributed by atoms with Crippen molar-refractivity contribution in [1.82, 2.24) is 9.97 Å². The lowest BCUT2D eigenvalue weighted by Crippen LogP contribution is -2.44. The van der Waals surface area contributed by atoms with Crippen LogP contribution >= 0.6 is 0 Å². The molecule has 0 bridgehead atoms. The van der Waals surface area contributed by atoms with Crippen LogP contribution in [0.5, 0.6) is 17.2 Å². The number of rotatable bonds is 5. The van der Waals surface area contributed by atoms with Crippen LogP contribution in [0.25, 0.3) is 11.0 Å². The van der Waals surface area contributed by atoms with Crippen molar-refractivity contribution < 1.29 is 19.4 Å². The Hall–Kier alpha value is -4.33. The number of aromatic nitrogens is 2. The van der Waals surface area contributed by atoms with Crippen LogP contribution in [0.2, 0.25) is 0 Å². The molecule has 3 aromatic carbocycles. The molecule has 4 aromatic rings. The van der Waals surface area contributed by atoms with Crippen molar-refractivity contribution >= 4 is 28.3 Å². The summed E-state index contributed by atoms with van der Waals surface area (Å²) in [6, 6.07) is 19.3. The molecule has 2 heterocycles. The number of hydrogen-bond donors (Lipinski definition) is 3. The average molecular weight is 457 g/mol. The number of carbonyl (C=O) groups is 1. The van der Waals surface area contributed by atoms with Crippen molar-refractivity contribution in [2.75, 3.05) is 19.1 Å². The van der Waals surface area contributed by atoms with E-state index in [9.17, 15) is 9.90 Å². The Morgan fingerprint density at radius 1 is 1.03 bits per heavy atom. The molecule has 1 aliphatic heterocycles. The summed E-state index contributed by atoms with van der Waals surface area (Å²) in [5, 5.41) is 19.0. The molecule has 2 unspecified atom stereocenters.